The van der Waals surface area contributed by atoms with Crippen LogP contribution in [0.4, 0.5) is 4.39 Å². The van der Waals surface area contributed by atoms with Crippen molar-refractivity contribution in [1.82, 2.24) is 14.8 Å². The zero-order chi connectivity index (χ0) is 21.1. The van der Waals surface area contributed by atoms with Crippen LogP contribution in [0.25, 0.3) is 11.4 Å². The van der Waals surface area contributed by atoms with E-state index in [0.717, 1.165) is 23.8 Å². The first kappa shape index (κ1) is 21.1. The van der Waals surface area contributed by atoms with E-state index >= 15 is 0 Å². The highest BCUT2D eigenvalue weighted by Crippen LogP contribution is 2.37. The first-order valence-electron chi connectivity index (χ1n) is 10.9. The summed E-state index contributed by atoms with van der Waals surface area (Å²) in [4.78, 5) is 0. The van der Waals surface area contributed by atoms with Gasteiger partial charge in [0.1, 0.15) is 5.82 Å². The predicted molar refractivity (Wildman–Crippen MR) is 122 cm³/mol. The van der Waals surface area contributed by atoms with Crippen LogP contribution in [0.5, 0.6) is 0 Å². The molecule has 1 aliphatic carbocycles. The molecule has 1 saturated carbocycles. The van der Waals surface area contributed by atoms with Crippen LogP contribution in [-0.4, -0.2) is 14.8 Å². The first-order chi connectivity index (χ1) is 14.4. The molecule has 2 aromatic carbocycles. The second-order valence-corrected chi connectivity index (χ2v) is 10.1. The van der Waals surface area contributed by atoms with E-state index in [1.54, 1.807) is 23.9 Å². The largest absolute Gasteiger partial charge is 0.299 e. The average molecular weight is 424 g/mol. The molecule has 0 spiro atoms. The number of nitrogens with zero attached hydrogens (tertiary/aromatic N) is 3. The third-order valence-corrected chi connectivity index (χ3v) is 6.92. The van der Waals surface area contributed by atoms with Gasteiger partial charge in [-0.3, -0.25) is 4.57 Å². The van der Waals surface area contributed by atoms with Crippen LogP contribution in [0.3, 0.4) is 0 Å². The molecule has 1 aromatic heterocycles. The van der Waals surface area contributed by atoms with Crippen molar-refractivity contribution in [2.45, 2.75) is 75.2 Å². The molecule has 0 atom stereocenters. The Morgan fingerprint density at radius 2 is 1.67 bits per heavy atom. The summed E-state index contributed by atoms with van der Waals surface area (Å²) in [7, 11) is 0. The first-order valence-corrected chi connectivity index (χ1v) is 11.8. The van der Waals surface area contributed by atoms with Crippen LogP contribution < -0.4 is 0 Å². The Hall–Kier alpha value is -2.14. The molecule has 1 fully saturated rings. The fourth-order valence-electron chi connectivity index (χ4n) is 4.12. The standard InChI is InChI=1S/C25H30FN3S/c1-25(2,3)19-15-13-18(14-16-19)17-30-24-28-27-23(21-11-7-8-12-22(21)26)29(24)20-9-5-4-6-10-20/h7-8,11-16,20H,4-6,9-10,17H2,1-3H3. The SMILES string of the molecule is CC(C)(C)c1ccc(CSc2nnc(-c3ccccc3F)n2C2CCCCC2)cc1. The number of hydrogen-bond acceptors (Lipinski definition) is 3. The van der Waals surface area contributed by atoms with Gasteiger partial charge in [0.2, 0.25) is 0 Å². The Morgan fingerprint density at radius 3 is 2.33 bits per heavy atom. The van der Waals surface area contributed by atoms with Gasteiger partial charge in [0.25, 0.3) is 0 Å². The lowest BCUT2D eigenvalue weighted by Gasteiger charge is -2.25. The maximum absolute atomic E-state index is 14.5. The highest BCUT2D eigenvalue weighted by atomic mass is 32.2. The van der Waals surface area contributed by atoms with Crippen molar-refractivity contribution in [3.63, 3.8) is 0 Å². The van der Waals surface area contributed by atoms with Gasteiger partial charge in [-0.15, -0.1) is 10.2 Å². The van der Waals surface area contributed by atoms with Crippen molar-refractivity contribution >= 4 is 11.8 Å². The molecule has 3 nitrogen and oxygen atoms in total. The fraction of sp³-hybridized carbons (Fsp3) is 0.440. The Morgan fingerprint density at radius 1 is 0.967 bits per heavy atom. The van der Waals surface area contributed by atoms with Crippen molar-refractivity contribution in [2.75, 3.05) is 0 Å². The Balaban J connectivity index is 1.60. The van der Waals surface area contributed by atoms with Gasteiger partial charge in [-0.2, -0.15) is 0 Å². The number of benzene rings is 2. The predicted octanol–water partition coefficient (Wildman–Crippen LogP) is 7.18. The van der Waals surface area contributed by atoms with Gasteiger partial charge in [0.05, 0.1) is 5.56 Å². The van der Waals surface area contributed by atoms with E-state index in [9.17, 15) is 4.39 Å². The lowest BCUT2D eigenvalue weighted by atomic mass is 9.87. The highest BCUT2D eigenvalue weighted by molar-refractivity contribution is 7.98. The minimum atomic E-state index is -0.240. The van der Waals surface area contributed by atoms with Crippen LogP contribution >= 0.6 is 11.8 Å². The van der Waals surface area contributed by atoms with Gasteiger partial charge in [-0.25, -0.2) is 4.39 Å². The van der Waals surface area contributed by atoms with Crippen LogP contribution in [0.2, 0.25) is 0 Å². The fourth-order valence-corrected chi connectivity index (χ4v) is 5.08. The molecule has 0 saturated heterocycles. The smallest absolute Gasteiger partial charge is 0.192 e. The van der Waals surface area contributed by atoms with Gasteiger partial charge >= 0.3 is 0 Å². The minimum Gasteiger partial charge on any atom is -0.299 e. The summed E-state index contributed by atoms with van der Waals surface area (Å²) in [6, 6.07) is 16.1. The Labute approximate surface area is 183 Å². The van der Waals surface area contributed by atoms with Crippen molar-refractivity contribution in [3.8, 4) is 11.4 Å². The number of halogens is 1. The van der Waals surface area contributed by atoms with Crippen molar-refractivity contribution < 1.29 is 4.39 Å². The Bertz CT molecular complexity index is 982. The molecule has 0 aliphatic heterocycles. The van der Waals surface area contributed by atoms with Gasteiger partial charge in [-0.1, -0.05) is 88.2 Å². The monoisotopic (exact) mass is 423 g/mol. The number of rotatable bonds is 5. The number of thioether (sulfide) groups is 1. The third-order valence-electron chi connectivity index (χ3n) is 5.91. The molecule has 1 heterocycles. The molecule has 158 valence electrons. The van der Waals surface area contributed by atoms with Gasteiger partial charge in [-0.05, 0) is 41.5 Å². The van der Waals surface area contributed by atoms with E-state index in [1.807, 2.05) is 6.07 Å². The van der Waals surface area contributed by atoms with Crippen molar-refractivity contribution in [3.05, 3.63) is 65.5 Å². The van der Waals surface area contributed by atoms with Gasteiger partial charge in [0, 0.05) is 11.8 Å². The second-order valence-electron chi connectivity index (χ2n) is 9.18. The quantitative estimate of drug-likeness (QED) is 0.407. The molecule has 0 amide bonds. The van der Waals surface area contributed by atoms with Crippen molar-refractivity contribution in [1.29, 1.82) is 0 Å². The number of aromatic nitrogens is 3. The molecule has 0 radical (unpaired) electrons. The zero-order valence-electron chi connectivity index (χ0n) is 18.1. The summed E-state index contributed by atoms with van der Waals surface area (Å²) in [5.41, 5.74) is 3.29. The summed E-state index contributed by atoms with van der Waals surface area (Å²) in [6.07, 6.45) is 5.90. The Kier molecular flexibility index (Phi) is 6.28. The molecular formula is C25H30FN3S. The normalized spacial score (nSPS) is 15.5. The molecule has 30 heavy (non-hydrogen) atoms. The van der Waals surface area contributed by atoms with Crippen LogP contribution in [0.15, 0.2) is 53.7 Å². The van der Waals surface area contributed by atoms with E-state index in [4.69, 9.17) is 0 Å². The summed E-state index contributed by atoms with van der Waals surface area (Å²) >= 11 is 1.70. The summed E-state index contributed by atoms with van der Waals surface area (Å²) in [5.74, 6) is 1.24. The van der Waals surface area contributed by atoms with Gasteiger partial charge < -0.3 is 0 Å². The molecular weight excluding hydrogens is 393 g/mol. The molecule has 5 heteroatoms. The maximum atomic E-state index is 14.5. The molecule has 0 N–H and O–H groups in total. The summed E-state index contributed by atoms with van der Waals surface area (Å²) < 4.78 is 16.7. The van der Waals surface area contributed by atoms with Gasteiger partial charge in [0.15, 0.2) is 11.0 Å². The third kappa shape index (κ3) is 4.61. The van der Waals surface area contributed by atoms with E-state index in [-0.39, 0.29) is 11.2 Å². The minimum absolute atomic E-state index is 0.154. The van der Waals surface area contributed by atoms with Crippen LogP contribution in [0, 0.1) is 5.82 Å². The lowest BCUT2D eigenvalue weighted by Crippen LogP contribution is -2.15. The maximum Gasteiger partial charge on any atom is 0.192 e. The topological polar surface area (TPSA) is 30.7 Å². The van der Waals surface area contributed by atoms with E-state index in [2.05, 4.69) is 59.8 Å². The van der Waals surface area contributed by atoms with Crippen LogP contribution in [-0.2, 0) is 11.2 Å². The van der Waals surface area contributed by atoms with E-state index < -0.39 is 0 Å². The number of hydrogen-bond donors (Lipinski definition) is 0. The summed E-state index contributed by atoms with van der Waals surface area (Å²) in [6.45, 7) is 6.69. The average Bonchev–Trinajstić information content (AvgIpc) is 3.16. The molecule has 1 aliphatic rings. The van der Waals surface area contributed by atoms with E-state index in [1.165, 1.54) is 36.5 Å². The van der Waals surface area contributed by atoms with Crippen LogP contribution in [0.1, 0.15) is 70.0 Å². The molecule has 0 unspecified atom stereocenters. The lowest BCUT2D eigenvalue weighted by molar-refractivity contribution is 0.339. The zero-order valence-corrected chi connectivity index (χ0v) is 18.9. The van der Waals surface area contributed by atoms with E-state index in [0.29, 0.717) is 17.4 Å². The molecule has 0 bridgehead atoms. The second kappa shape index (κ2) is 8.93. The van der Waals surface area contributed by atoms with Crippen molar-refractivity contribution in [2.24, 2.45) is 0 Å². The summed E-state index contributed by atoms with van der Waals surface area (Å²) in [5, 5.41) is 9.81. The molecule has 4 rings (SSSR count). The molecule has 3 aromatic rings. The highest BCUT2D eigenvalue weighted by Gasteiger charge is 2.25.